The van der Waals surface area contributed by atoms with Gasteiger partial charge in [0, 0.05) is 6.26 Å². The normalized spacial score (nSPS) is 13.3. The lowest BCUT2D eigenvalue weighted by molar-refractivity contribution is 0.588. The van der Waals surface area contributed by atoms with Crippen molar-refractivity contribution in [1.82, 2.24) is 15.0 Å². The van der Waals surface area contributed by atoms with Crippen LogP contribution in [0.3, 0.4) is 0 Å². The van der Waals surface area contributed by atoms with Crippen molar-refractivity contribution in [3.8, 4) is 11.4 Å². The summed E-state index contributed by atoms with van der Waals surface area (Å²) in [4.78, 5) is 11.0. The maximum absolute atomic E-state index is 12.8. The molecule has 6 nitrogen and oxygen atoms in total. The molecule has 0 aliphatic heterocycles. The molecule has 0 aliphatic carbocycles. The molecule has 0 radical (unpaired) electrons. The van der Waals surface area contributed by atoms with E-state index in [0.29, 0.717) is 17.2 Å². The Kier molecular flexibility index (Phi) is 4.15. The highest BCUT2D eigenvalue weighted by Gasteiger charge is 2.14. The van der Waals surface area contributed by atoms with Crippen molar-refractivity contribution in [2.75, 3.05) is 12.0 Å². The van der Waals surface area contributed by atoms with E-state index in [2.05, 4.69) is 15.0 Å². The van der Waals surface area contributed by atoms with Crippen LogP contribution in [-0.4, -0.2) is 35.4 Å². The zero-order chi connectivity index (χ0) is 14.8. The molecule has 20 heavy (non-hydrogen) atoms. The van der Waals surface area contributed by atoms with Gasteiger partial charge in [0.15, 0.2) is 0 Å². The van der Waals surface area contributed by atoms with Gasteiger partial charge in [-0.25, -0.2) is 17.8 Å². The Hall–Kier alpha value is -1.80. The largest absolute Gasteiger partial charge is 0.339 e. The first-order chi connectivity index (χ1) is 9.35. The van der Waals surface area contributed by atoms with E-state index >= 15 is 0 Å². The third kappa shape index (κ3) is 3.84. The lowest BCUT2D eigenvalue weighted by atomic mass is 10.2. The highest BCUT2D eigenvalue weighted by Crippen LogP contribution is 2.18. The summed E-state index contributed by atoms with van der Waals surface area (Å²) in [5.74, 6) is 0.0621. The predicted molar refractivity (Wildman–Crippen MR) is 73.0 cm³/mol. The van der Waals surface area contributed by atoms with Crippen molar-refractivity contribution in [1.29, 1.82) is 0 Å². The summed E-state index contributed by atoms with van der Waals surface area (Å²) in [6.45, 7) is 0. The van der Waals surface area contributed by atoms with Crippen molar-refractivity contribution in [2.24, 2.45) is 5.73 Å². The van der Waals surface area contributed by atoms with Crippen molar-refractivity contribution in [3.05, 3.63) is 36.2 Å². The molecule has 0 aromatic carbocycles. The summed E-state index contributed by atoms with van der Waals surface area (Å²) >= 11 is 0. The van der Waals surface area contributed by atoms with Gasteiger partial charge < -0.3 is 10.7 Å². The summed E-state index contributed by atoms with van der Waals surface area (Å²) in [5.41, 5.74) is 7.03. The maximum atomic E-state index is 12.8. The van der Waals surface area contributed by atoms with Gasteiger partial charge >= 0.3 is 0 Å². The minimum Gasteiger partial charge on any atom is -0.339 e. The second kappa shape index (κ2) is 5.68. The number of aromatic amines is 1. The summed E-state index contributed by atoms with van der Waals surface area (Å²) in [6, 6.07) is 2.32. The molecule has 0 saturated carbocycles. The molecule has 3 N–H and O–H groups in total. The van der Waals surface area contributed by atoms with Crippen LogP contribution < -0.4 is 5.73 Å². The van der Waals surface area contributed by atoms with Crippen LogP contribution in [-0.2, 0) is 9.84 Å². The number of sulfone groups is 1. The lowest BCUT2D eigenvalue weighted by Gasteiger charge is -2.07. The van der Waals surface area contributed by atoms with Gasteiger partial charge in [-0.1, -0.05) is 0 Å². The zero-order valence-corrected chi connectivity index (χ0v) is 11.7. The van der Waals surface area contributed by atoms with Crippen LogP contribution in [0.15, 0.2) is 24.5 Å². The molecule has 0 fully saturated rings. The molecule has 2 heterocycles. The average Bonchev–Trinajstić information content (AvgIpc) is 2.85. The fraction of sp³-hybridized carbons (Fsp3) is 0.333. The smallest absolute Gasteiger partial charge is 0.147 e. The van der Waals surface area contributed by atoms with E-state index in [1.807, 2.05) is 0 Å². The van der Waals surface area contributed by atoms with E-state index in [-0.39, 0.29) is 12.2 Å². The van der Waals surface area contributed by atoms with Crippen LogP contribution in [0.1, 0.15) is 18.3 Å². The maximum Gasteiger partial charge on any atom is 0.147 e. The fourth-order valence-corrected chi connectivity index (χ4v) is 2.35. The van der Waals surface area contributed by atoms with E-state index in [1.54, 1.807) is 0 Å². The Morgan fingerprint density at radius 2 is 2.10 bits per heavy atom. The molecule has 2 aromatic rings. The fourth-order valence-electron chi connectivity index (χ4n) is 1.67. The van der Waals surface area contributed by atoms with E-state index < -0.39 is 21.7 Å². The van der Waals surface area contributed by atoms with Crippen LogP contribution >= 0.6 is 0 Å². The Morgan fingerprint density at radius 1 is 1.35 bits per heavy atom. The van der Waals surface area contributed by atoms with Crippen molar-refractivity contribution in [2.45, 2.75) is 12.5 Å². The highest BCUT2D eigenvalue weighted by molar-refractivity contribution is 7.90. The molecule has 2 rings (SSSR count). The summed E-state index contributed by atoms with van der Waals surface area (Å²) in [7, 11) is -3.05. The minimum atomic E-state index is -3.05. The molecule has 0 aliphatic rings. The van der Waals surface area contributed by atoms with Gasteiger partial charge in [-0.3, -0.25) is 4.98 Å². The second-order valence-electron chi connectivity index (χ2n) is 4.57. The molecular formula is C12H15FN4O2S. The number of imidazole rings is 1. The first kappa shape index (κ1) is 14.6. The molecular weight excluding hydrogens is 283 g/mol. The van der Waals surface area contributed by atoms with Gasteiger partial charge in [0.05, 0.1) is 35.6 Å². The average molecular weight is 298 g/mol. The number of hydrogen-bond acceptors (Lipinski definition) is 5. The monoisotopic (exact) mass is 298 g/mol. The van der Waals surface area contributed by atoms with Crippen LogP contribution in [0, 0.1) is 5.82 Å². The summed E-state index contributed by atoms with van der Waals surface area (Å²) in [6.07, 6.45) is 4.09. The lowest BCUT2D eigenvalue weighted by Crippen LogP contribution is -2.16. The summed E-state index contributed by atoms with van der Waals surface area (Å²) < 4.78 is 35.0. The number of H-pyrrole nitrogens is 1. The molecule has 1 atom stereocenters. The quantitative estimate of drug-likeness (QED) is 0.859. The van der Waals surface area contributed by atoms with Gasteiger partial charge in [0.25, 0.3) is 0 Å². The summed E-state index contributed by atoms with van der Waals surface area (Å²) in [5, 5.41) is 0. The molecule has 0 bridgehead atoms. The Bertz CT molecular complexity index is 682. The standard InChI is InChI=1S/C12H15FN4O2S/c1-20(18,19)5-4-9(14)12-16-7-11(17-12)10-3-2-8(13)6-15-10/h2-3,6-7,9H,4-5,14H2,1H3,(H,16,17). The second-order valence-corrected chi connectivity index (χ2v) is 6.83. The number of nitrogens with zero attached hydrogens (tertiary/aromatic N) is 2. The van der Waals surface area contributed by atoms with Gasteiger partial charge in [-0.2, -0.15) is 0 Å². The number of pyridine rings is 1. The van der Waals surface area contributed by atoms with Crippen LogP contribution in [0.4, 0.5) is 4.39 Å². The topological polar surface area (TPSA) is 102 Å². The van der Waals surface area contributed by atoms with Crippen LogP contribution in [0.25, 0.3) is 11.4 Å². The number of nitrogens with one attached hydrogen (secondary N) is 1. The predicted octanol–water partition coefficient (Wildman–Crippen LogP) is 1.05. The van der Waals surface area contributed by atoms with E-state index in [0.717, 1.165) is 12.5 Å². The molecule has 0 spiro atoms. The van der Waals surface area contributed by atoms with Crippen LogP contribution in [0.5, 0.6) is 0 Å². The molecule has 2 aromatic heterocycles. The Morgan fingerprint density at radius 3 is 2.70 bits per heavy atom. The molecule has 1 unspecified atom stereocenters. The van der Waals surface area contributed by atoms with Gasteiger partial charge in [0.1, 0.15) is 21.5 Å². The first-order valence-corrected chi connectivity index (χ1v) is 8.01. The van der Waals surface area contributed by atoms with Crippen molar-refractivity contribution in [3.63, 3.8) is 0 Å². The molecule has 0 saturated heterocycles. The number of nitrogens with two attached hydrogens (primary N) is 1. The van der Waals surface area contributed by atoms with Crippen molar-refractivity contribution >= 4 is 9.84 Å². The molecule has 8 heteroatoms. The van der Waals surface area contributed by atoms with Crippen molar-refractivity contribution < 1.29 is 12.8 Å². The van der Waals surface area contributed by atoms with E-state index in [1.165, 1.54) is 18.3 Å². The number of halogens is 1. The number of rotatable bonds is 5. The SMILES string of the molecule is CS(=O)(=O)CCC(N)c1ncc(-c2ccc(F)cn2)[nH]1. The van der Waals surface area contributed by atoms with E-state index in [9.17, 15) is 12.8 Å². The Balaban J connectivity index is 2.10. The molecule has 0 amide bonds. The minimum absolute atomic E-state index is 0.000994. The van der Waals surface area contributed by atoms with Gasteiger partial charge in [-0.05, 0) is 18.6 Å². The zero-order valence-electron chi connectivity index (χ0n) is 10.9. The third-order valence-electron chi connectivity index (χ3n) is 2.75. The van der Waals surface area contributed by atoms with Gasteiger partial charge in [-0.15, -0.1) is 0 Å². The molecule has 108 valence electrons. The Labute approximate surface area is 116 Å². The first-order valence-electron chi connectivity index (χ1n) is 5.95. The highest BCUT2D eigenvalue weighted by atomic mass is 32.2. The van der Waals surface area contributed by atoms with Crippen LogP contribution in [0.2, 0.25) is 0 Å². The third-order valence-corrected chi connectivity index (χ3v) is 3.73. The van der Waals surface area contributed by atoms with E-state index in [4.69, 9.17) is 5.73 Å². The number of aromatic nitrogens is 3. The number of hydrogen-bond donors (Lipinski definition) is 2. The van der Waals surface area contributed by atoms with Gasteiger partial charge in [0.2, 0.25) is 0 Å².